The van der Waals surface area contributed by atoms with E-state index in [0.717, 1.165) is 12.4 Å². The van der Waals surface area contributed by atoms with Crippen molar-refractivity contribution in [2.75, 3.05) is 30.5 Å². The van der Waals surface area contributed by atoms with E-state index in [1.54, 1.807) is 12.4 Å². The number of halogens is 1. The third kappa shape index (κ3) is 3.03. The Bertz CT molecular complexity index is 391. The first-order valence-electron chi connectivity index (χ1n) is 6.13. The molecule has 0 amide bonds. The zero-order valence-electron chi connectivity index (χ0n) is 10.7. The average molecular weight is 272 g/mol. The van der Waals surface area contributed by atoms with Crippen LogP contribution in [0.5, 0.6) is 5.88 Å². The summed E-state index contributed by atoms with van der Waals surface area (Å²) >= 11 is 5.85. The van der Waals surface area contributed by atoms with Crippen molar-refractivity contribution in [2.24, 2.45) is 0 Å². The summed E-state index contributed by atoms with van der Waals surface area (Å²) in [5, 5.41) is 0. The van der Waals surface area contributed by atoms with E-state index < -0.39 is 0 Å². The summed E-state index contributed by atoms with van der Waals surface area (Å²) in [6.45, 7) is 5.99. The molecular weight excluding hydrogens is 254 g/mol. The molecule has 100 valence electrons. The maximum atomic E-state index is 5.85. The lowest BCUT2D eigenvalue weighted by Crippen LogP contribution is -2.49. The van der Waals surface area contributed by atoms with E-state index >= 15 is 0 Å². The Morgan fingerprint density at radius 2 is 2.39 bits per heavy atom. The Labute approximate surface area is 112 Å². The Balaban J connectivity index is 2.15. The first kappa shape index (κ1) is 13.4. The molecule has 5 nitrogen and oxygen atoms in total. The molecule has 6 heteroatoms. The third-order valence-electron chi connectivity index (χ3n) is 2.86. The van der Waals surface area contributed by atoms with Gasteiger partial charge in [-0.1, -0.05) is 0 Å². The summed E-state index contributed by atoms with van der Waals surface area (Å²) in [7, 11) is 0. The number of anilines is 1. The highest BCUT2D eigenvalue weighted by atomic mass is 35.5. The number of alkyl halides is 1. The van der Waals surface area contributed by atoms with E-state index in [1.807, 2.05) is 6.92 Å². The fraction of sp³-hybridized carbons (Fsp3) is 0.667. The van der Waals surface area contributed by atoms with E-state index in [2.05, 4.69) is 21.8 Å². The van der Waals surface area contributed by atoms with Crippen molar-refractivity contribution in [2.45, 2.75) is 26.0 Å². The third-order valence-corrected chi connectivity index (χ3v) is 3.21. The van der Waals surface area contributed by atoms with E-state index in [4.69, 9.17) is 21.1 Å². The van der Waals surface area contributed by atoms with Gasteiger partial charge < -0.3 is 14.4 Å². The van der Waals surface area contributed by atoms with Crippen LogP contribution in [0.1, 0.15) is 13.8 Å². The monoisotopic (exact) mass is 271 g/mol. The van der Waals surface area contributed by atoms with Crippen molar-refractivity contribution >= 4 is 17.4 Å². The second kappa shape index (κ2) is 6.20. The van der Waals surface area contributed by atoms with E-state index in [9.17, 15) is 0 Å². The molecule has 0 aliphatic carbocycles. The second-order valence-corrected chi connectivity index (χ2v) is 4.57. The SMILES string of the molecule is CCOc1cncc(N2CC(CCl)OCC2C)n1. The molecule has 2 atom stereocenters. The molecule has 1 aliphatic heterocycles. The summed E-state index contributed by atoms with van der Waals surface area (Å²) in [6, 6.07) is 0.260. The molecule has 1 aromatic heterocycles. The van der Waals surface area contributed by atoms with Crippen LogP contribution in [0.25, 0.3) is 0 Å². The van der Waals surface area contributed by atoms with Gasteiger partial charge in [-0.15, -0.1) is 11.6 Å². The minimum absolute atomic E-state index is 0.0421. The number of rotatable bonds is 4. The Hall–Kier alpha value is -1.07. The highest BCUT2D eigenvalue weighted by molar-refractivity contribution is 6.18. The second-order valence-electron chi connectivity index (χ2n) is 4.26. The quantitative estimate of drug-likeness (QED) is 0.780. The predicted molar refractivity (Wildman–Crippen MR) is 70.5 cm³/mol. The first-order valence-corrected chi connectivity index (χ1v) is 6.67. The van der Waals surface area contributed by atoms with E-state index in [0.29, 0.717) is 25.0 Å². The molecule has 0 spiro atoms. The molecule has 2 unspecified atom stereocenters. The standard InChI is InChI=1S/C12H18ClN3O2/c1-3-17-12-6-14-5-11(15-12)16-7-10(4-13)18-8-9(16)2/h5-6,9-10H,3-4,7-8H2,1-2H3. The smallest absolute Gasteiger partial charge is 0.234 e. The van der Waals surface area contributed by atoms with Crippen molar-refractivity contribution in [1.29, 1.82) is 0 Å². The van der Waals surface area contributed by atoms with Crippen LogP contribution in [-0.2, 0) is 4.74 Å². The lowest BCUT2D eigenvalue weighted by Gasteiger charge is -2.38. The molecular formula is C12H18ClN3O2. The zero-order valence-corrected chi connectivity index (χ0v) is 11.4. The van der Waals surface area contributed by atoms with Crippen LogP contribution in [0.15, 0.2) is 12.4 Å². The van der Waals surface area contributed by atoms with Gasteiger partial charge in [0, 0.05) is 6.54 Å². The summed E-state index contributed by atoms with van der Waals surface area (Å²) in [5.41, 5.74) is 0. The molecule has 18 heavy (non-hydrogen) atoms. The fourth-order valence-corrected chi connectivity index (χ4v) is 2.11. The van der Waals surface area contributed by atoms with Crippen LogP contribution < -0.4 is 9.64 Å². The molecule has 2 rings (SSSR count). The molecule has 1 aromatic rings. The summed E-state index contributed by atoms with van der Waals surface area (Å²) in [4.78, 5) is 10.8. The molecule has 0 N–H and O–H groups in total. The zero-order chi connectivity index (χ0) is 13.0. The number of hydrogen-bond donors (Lipinski definition) is 0. The Morgan fingerprint density at radius 3 is 3.11 bits per heavy atom. The van der Waals surface area contributed by atoms with Crippen LogP contribution in [0.2, 0.25) is 0 Å². The van der Waals surface area contributed by atoms with Gasteiger partial charge in [-0.05, 0) is 13.8 Å². The lowest BCUT2D eigenvalue weighted by molar-refractivity contribution is 0.0360. The van der Waals surface area contributed by atoms with Crippen molar-refractivity contribution in [1.82, 2.24) is 9.97 Å². The summed E-state index contributed by atoms with van der Waals surface area (Å²) < 4.78 is 11.0. The topological polar surface area (TPSA) is 47.5 Å². The first-order chi connectivity index (χ1) is 8.74. The molecule has 1 saturated heterocycles. The van der Waals surface area contributed by atoms with Gasteiger partial charge in [0.2, 0.25) is 5.88 Å². The van der Waals surface area contributed by atoms with Gasteiger partial charge in [-0.2, -0.15) is 4.98 Å². The molecule has 0 aromatic carbocycles. The molecule has 1 aliphatic rings. The van der Waals surface area contributed by atoms with Gasteiger partial charge in [0.05, 0.1) is 43.6 Å². The van der Waals surface area contributed by atoms with Crippen LogP contribution >= 0.6 is 11.6 Å². The van der Waals surface area contributed by atoms with Gasteiger partial charge in [-0.25, -0.2) is 0 Å². The predicted octanol–water partition coefficient (Wildman–Crippen LogP) is 1.71. The minimum atomic E-state index is 0.0421. The Morgan fingerprint density at radius 1 is 1.56 bits per heavy atom. The van der Waals surface area contributed by atoms with E-state index in [1.165, 1.54) is 0 Å². The van der Waals surface area contributed by atoms with Gasteiger partial charge in [-0.3, -0.25) is 4.98 Å². The van der Waals surface area contributed by atoms with Crippen molar-refractivity contribution in [3.63, 3.8) is 0 Å². The highest BCUT2D eigenvalue weighted by Crippen LogP contribution is 2.21. The average Bonchev–Trinajstić information content (AvgIpc) is 2.40. The van der Waals surface area contributed by atoms with Crippen molar-refractivity contribution in [3.8, 4) is 5.88 Å². The highest BCUT2D eigenvalue weighted by Gasteiger charge is 2.26. The van der Waals surface area contributed by atoms with Crippen molar-refractivity contribution < 1.29 is 9.47 Å². The van der Waals surface area contributed by atoms with Crippen LogP contribution in [0.3, 0.4) is 0 Å². The van der Waals surface area contributed by atoms with E-state index in [-0.39, 0.29) is 12.1 Å². The number of morpholine rings is 1. The molecule has 0 saturated carbocycles. The molecule has 0 bridgehead atoms. The van der Waals surface area contributed by atoms with Gasteiger partial charge in [0.25, 0.3) is 0 Å². The summed E-state index contributed by atoms with van der Waals surface area (Å²) in [6.07, 6.45) is 3.41. The maximum Gasteiger partial charge on any atom is 0.234 e. The largest absolute Gasteiger partial charge is 0.477 e. The number of hydrogen-bond acceptors (Lipinski definition) is 5. The number of nitrogens with zero attached hydrogens (tertiary/aromatic N) is 3. The molecule has 1 fully saturated rings. The van der Waals surface area contributed by atoms with Crippen LogP contribution in [0, 0.1) is 0 Å². The fourth-order valence-electron chi connectivity index (χ4n) is 1.92. The van der Waals surface area contributed by atoms with Crippen molar-refractivity contribution in [3.05, 3.63) is 12.4 Å². The molecule has 0 radical (unpaired) electrons. The Kier molecular flexibility index (Phi) is 4.60. The van der Waals surface area contributed by atoms with Crippen LogP contribution in [-0.4, -0.2) is 47.8 Å². The summed E-state index contributed by atoms with van der Waals surface area (Å²) in [5.74, 6) is 1.85. The number of ether oxygens (including phenoxy) is 2. The van der Waals surface area contributed by atoms with Gasteiger partial charge in [0.1, 0.15) is 0 Å². The lowest BCUT2D eigenvalue weighted by atomic mass is 10.2. The van der Waals surface area contributed by atoms with Gasteiger partial charge >= 0.3 is 0 Å². The van der Waals surface area contributed by atoms with Gasteiger partial charge in [0.15, 0.2) is 5.82 Å². The maximum absolute atomic E-state index is 5.85. The molecule has 2 heterocycles. The number of aromatic nitrogens is 2. The normalized spacial score (nSPS) is 24.1. The minimum Gasteiger partial charge on any atom is -0.477 e. The van der Waals surface area contributed by atoms with Crippen LogP contribution in [0.4, 0.5) is 5.82 Å².